The highest BCUT2D eigenvalue weighted by Crippen LogP contribution is 2.42. The van der Waals surface area contributed by atoms with Gasteiger partial charge in [-0.1, -0.05) is 18.2 Å². The topological polar surface area (TPSA) is 67.9 Å². The summed E-state index contributed by atoms with van der Waals surface area (Å²) in [7, 11) is 1.58. The van der Waals surface area contributed by atoms with Gasteiger partial charge in [-0.15, -0.1) is 20.1 Å². The number of halogens is 2. The van der Waals surface area contributed by atoms with Crippen LogP contribution in [0.5, 0.6) is 11.5 Å². The second-order valence-electron chi connectivity index (χ2n) is 6.14. The molecule has 1 N–H and O–H groups in total. The Kier molecular flexibility index (Phi) is 4.67. The SMILES string of the molecule is CN(C(=O)c1cccs1)c1ccccc1C(=O)Nc1ccc2c(c1)OC(F)(F)O2. The van der Waals surface area contributed by atoms with Crippen LogP contribution < -0.4 is 19.7 Å². The van der Waals surface area contributed by atoms with Gasteiger partial charge in [0.25, 0.3) is 11.8 Å². The van der Waals surface area contributed by atoms with Gasteiger partial charge in [0.15, 0.2) is 11.5 Å². The standard InChI is InChI=1S/C20H14F2N2O4S/c1-24(19(26)17-7-4-10-29-17)14-6-3-2-5-13(14)18(25)23-12-8-9-15-16(11-12)28-20(21,22)27-15/h2-11H,1H3,(H,23,25). The Morgan fingerprint density at radius 2 is 1.79 bits per heavy atom. The van der Waals surface area contributed by atoms with Crippen molar-refractivity contribution in [2.24, 2.45) is 0 Å². The number of nitrogens with zero attached hydrogens (tertiary/aromatic N) is 1. The maximum atomic E-state index is 13.2. The Morgan fingerprint density at radius 3 is 2.55 bits per heavy atom. The van der Waals surface area contributed by atoms with E-state index in [0.29, 0.717) is 10.6 Å². The summed E-state index contributed by atoms with van der Waals surface area (Å²) in [6, 6.07) is 14.0. The molecule has 4 rings (SSSR count). The van der Waals surface area contributed by atoms with Gasteiger partial charge < -0.3 is 19.7 Å². The van der Waals surface area contributed by atoms with Gasteiger partial charge in [0.05, 0.1) is 16.1 Å². The number of thiophene rings is 1. The fraction of sp³-hybridized carbons (Fsp3) is 0.100. The van der Waals surface area contributed by atoms with Gasteiger partial charge in [0.1, 0.15) is 0 Å². The molecule has 0 aliphatic carbocycles. The van der Waals surface area contributed by atoms with Gasteiger partial charge in [-0.2, -0.15) is 0 Å². The van der Waals surface area contributed by atoms with Crippen molar-refractivity contribution in [3.8, 4) is 11.5 Å². The molecule has 9 heteroatoms. The third kappa shape index (κ3) is 3.77. The number of fused-ring (bicyclic) bond motifs is 1. The molecule has 29 heavy (non-hydrogen) atoms. The van der Waals surface area contributed by atoms with E-state index in [1.807, 2.05) is 0 Å². The van der Waals surface area contributed by atoms with Crippen LogP contribution in [0.25, 0.3) is 0 Å². The van der Waals surface area contributed by atoms with Gasteiger partial charge in [0.2, 0.25) is 0 Å². The summed E-state index contributed by atoms with van der Waals surface area (Å²) in [6.45, 7) is 0. The molecule has 0 atom stereocenters. The summed E-state index contributed by atoms with van der Waals surface area (Å²) in [5, 5.41) is 4.42. The maximum absolute atomic E-state index is 13.2. The molecule has 1 aliphatic rings. The number of para-hydroxylation sites is 1. The van der Waals surface area contributed by atoms with Crippen molar-refractivity contribution in [2.45, 2.75) is 6.29 Å². The Balaban J connectivity index is 1.57. The first-order valence-corrected chi connectivity index (χ1v) is 9.34. The third-order valence-corrected chi connectivity index (χ3v) is 5.06. The number of carbonyl (C=O) groups is 2. The summed E-state index contributed by atoms with van der Waals surface area (Å²) in [6.07, 6.45) is -3.73. The number of ether oxygens (including phenoxy) is 2. The van der Waals surface area contributed by atoms with Crippen LogP contribution >= 0.6 is 11.3 Å². The number of amides is 2. The molecule has 3 aromatic rings. The lowest BCUT2D eigenvalue weighted by Gasteiger charge is -2.20. The normalized spacial score (nSPS) is 13.8. The van der Waals surface area contributed by atoms with E-state index in [1.165, 1.54) is 34.4 Å². The van der Waals surface area contributed by atoms with E-state index in [9.17, 15) is 18.4 Å². The summed E-state index contributed by atoms with van der Waals surface area (Å²) >= 11 is 1.30. The van der Waals surface area contributed by atoms with Crippen LogP contribution in [-0.2, 0) is 0 Å². The second kappa shape index (κ2) is 7.17. The molecule has 0 saturated heterocycles. The van der Waals surface area contributed by atoms with Crippen molar-refractivity contribution in [1.82, 2.24) is 0 Å². The minimum Gasteiger partial charge on any atom is -0.395 e. The largest absolute Gasteiger partial charge is 0.586 e. The first kappa shape index (κ1) is 18.9. The van der Waals surface area contributed by atoms with Gasteiger partial charge in [0, 0.05) is 18.8 Å². The van der Waals surface area contributed by atoms with Crippen LogP contribution in [0.1, 0.15) is 20.0 Å². The monoisotopic (exact) mass is 416 g/mol. The summed E-state index contributed by atoms with van der Waals surface area (Å²) < 4.78 is 35.1. The lowest BCUT2D eigenvalue weighted by atomic mass is 10.1. The lowest BCUT2D eigenvalue weighted by molar-refractivity contribution is -0.286. The Hall–Kier alpha value is -3.46. The molecule has 0 saturated carbocycles. The molecule has 148 valence electrons. The molecule has 6 nitrogen and oxygen atoms in total. The fourth-order valence-electron chi connectivity index (χ4n) is 2.86. The van der Waals surface area contributed by atoms with Crippen molar-refractivity contribution in [3.05, 3.63) is 70.4 Å². The molecule has 2 aromatic carbocycles. The summed E-state index contributed by atoms with van der Waals surface area (Å²) in [5.74, 6) is -1.04. The molecule has 0 bridgehead atoms. The minimum absolute atomic E-state index is 0.116. The number of benzene rings is 2. The van der Waals surface area contributed by atoms with Crippen molar-refractivity contribution in [3.63, 3.8) is 0 Å². The quantitative estimate of drug-likeness (QED) is 0.675. The van der Waals surface area contributed by atoms with Crippen LogP contribution in [0.4, 0.5) is 20.2 Å². The van der Waals surface area contributed by atoms with Crippen LogP contribution in [0.3, 0.4) is 0 Å². The van der Waals surface area contributed by atoms with Crippen molar-refractivity contribution >= 4 is 34.5 Å². The molecular formula is C20H14F2N2O4S. The molecule has 0 unspecified atom stereocenters. The number of rotatable bonds is 4. The highest BCUT2D eigenvalue weighted by atomic mass is 32.1. The highest BCUT2D eigenvalue weighted by molar-refractivity contribution is 7.12. The fourth-order valence-corrected chi connectivity index (χ4v) is 3.56. The van der Waals surface area contributed by atoms with E-state index in [1.54, 1.807) is 48.8 Å². The maximum Gasteiger partial charge on any atom is 0.586 e. The van der Waals surface area contributed by atoms with Crippen molar-refractivity contribution < 1.29 is 27.8 Å². The van der Waals surface area contributed by atoms with E-state index < -0.39 is 12.2 Å². The van der Waals surface area contributed by atoms with Crippen LogP contribution in [0.15, 0.2) is 60.0 Å². The van der Waals surface area contributed by atoms with Gasteiger partial charge in [-0.3, -0.25) is 9.59 Å². The van der Waals surface area contributed by atoms with Gasteiger partial charge >= 0.3 is 6.29 Å². The smallest absolute Gasteiger partial charge is 0.395 e. The van der Waals surface area contributed by atoms with Crippen molar-refractivity contribution in [2.75, 3.05) is 17.3 Å². The average molecular weight is 416 g/mol. The minimum atomic E-state index is -3.73. The van der Waals surface area contributed by atoms with Gasteiger partial charge in [-0.25, -0.2) is 0 Å². The zero-order valence-corrected chi connectivity index (χ0v) is 15.8. The first-order valence-electron chi connectivity index (χ1n) is 8.46. The van der Waals surface area contributed by atoms with E-state index >= 15 is 0 Å². The first-order chi connectivity index (χ1) is 13.8. The van der Waals surface area contributed by atoms with E-state index in [0.717, 1.165) is 0 Å². The highest BCUT2D eigenvalue weighted by Gasteiger charge is 2.43. The predicted octanol–water partition coefficient (Wildman–Crippen LogP) is 4.60. The lowest BCUT2D eigenvalue weighted by Crippen LogP contribution is -2.28. The number of hydrogen-bond acceptors (Lipinski definition) is 5. The van der Waals surface area contributed by atoms with Crippen molar-refractivity contribution in [1.29, 1.82) is 0 Å². The number of anilines is 2. The number of alkyl halides is 2. The van der Waals surface area contributed by atoms with E-state index in [4.69, 9.17) is 0 Å². The second-order valence-corrected chi connectivity index (χ2v) is 7.09. The Labute approximate surface area is 168 Å². The molecule has 0 spiro atoms. The molecule has 0 radical (unpaired) electrons. The Bertz CT molecular complexity index is 1090. The summed E-state index contributed by atoms with van der Waals surface area (Å²) in [5.41, 5.74) is 0.913. The molecule has 2 amide bonds. The molecule has 1 aliphatic heterocycles. The number of hydrogen-bond donors (Lipinski definition) is 1. The van der Waals surface area contributed by atoms with Crippen LogP contribution in [0, 0.1) is 0 Å². The van der Waals surface area contributed by atoms with E-state index in [2.05, 4.69) is 14.8 Å². The molecule has 2 heterocycles. The Morgan fingerprint density at radius 1 is 1.03 bits per heavy atom. The average Bonchev–Trinajstić information content (AvgIpc) is 3.33. The van der Waals surface area contributed by atoms with Gasteiger partial charge in [-0.05, 0) is 35.7 Å². The predicted molar refractivity (Wildman–Crippen MR) is 104 cm³/mol. The molecule has 1 aromatic heterocycles. The number of carbonyl (C=O) groups excluding carboxylic acids is 2. The molecular weight excluding hydrogens is 402 g/mol. The van der Waals surface area contributed by atoms with E-state index in [-0.39, 0.29) is 28.7 Å². The van der Waals surface area contributed by atoms with Crippen LogP contribution in [0.2, 0.25) is 0 Å². The zero-order valence-electron chi connectivity index (χ0n) is 15.0. The summed E-state index contributed by atoms with van der Waals surface area (Å²) in [4.78, 5) is 27.4. The third-order valence-electron chi connectivity index (χ3n) is 4.21. The number of nitrogens with one attached hydrogen (secondary N) is 1. The van der Waals surface area contributed by atoms with Crippen LogP contribution in [-0.4, -0.2) is 25.2 Å². The molecule has 0 fully saturated rings. The zero-order chi connectivity index (χ0) is 20.6.